The Morgan fingerprint density at radius 2 is 2.11 bits per heavy atom. The average molecular weight is 270 g/mol. The van der Waals surface area contributed by atoms with E-state index in [1.165, 1.54) is 6.92 Å². The van der Waals surface area contributed by atoms with Crippen LogP contribution in [0.2, 0.25) is 0 Å². The van der Waals surface area contributed by atoms with Crippen LogP contribution in [0.15, 0.2) is 0 Å². The summed E-state index contributed by atoms with van der Waals surface area (Å²) < 4.78 is 4.99. The van der Waals surface area contributed by atoms with Crippen molar-refractivity contribution in [1.29, 1.82) is 0 Å². The molecular formula is C13H22N2O4. The van der Waals surface area contributed by atoms with Gasteiger partial charge < -0.3 is 15.0 Å². The molecule has 2 atom stereocenters. The van der Waals surface area contributed by atoms with Crippen molar-refractivity contribution in [2.45, 2.75) is 39.7 Å². The van der Waals surface area contributed by atoms with E-state index in [1.54, 1.807) is 18.7 Å². The van der Waals surface area contributed by atoms with Gasteiger partial charge in [-0.15, -0.1) is 0 Å². The van der Waals surface area contributed by atoms with Crippen molar-refractivity contribution in [1.82, 2.24) is 10.2 Å². The van der Waals surface area contributed by atoms with Crippen LogP contribution in [0.1, 0.15) is 33.6 Å². The van der Waals surface area contributed by atoms with Crippen LogP contribution in [0.3, 0.4) is 0 Å². The molecular weight excluding hydrogens is 248 g/mol. The van der Waals surface area contributed by atoms with Crippen molar-refractivity contribution in [3.8, 4) is 0 Å². The number of likely N-dealkylation sites (tertiary alicyclic amines) is 1. The number of hydrogen-bond donors (Lipinski definition) is 1. The lowest BCUT2D eigenvalue weighted by atomic mass is 9.97. The molecule has 0 aromatic heterocycles. The van der Waals surface area contributed by atoms with Gasteiger partial charge in [0.2, 0.25) is 11.8 Å². The minimum atomic E-state index is -0.557. The summed E-state index contributed by atoms with van der Waals surface area (Å²) in [7, 11) is 0. The Kier molecular flexibility index (Phi) is 5.79. The fourth-order valence-electron chi connectivity index (χ4n) is 2.27. The third kappa shape index (κ3) is 4.54. The number of ether oxygens (including phenoxy) is 1. The molecule has 0 aliphatic carbocycles. The molecule has 2 amide bonds. The molecule has 1 unspecified atom stereocenters. The van der Waals surface area contributed by atoms with E-state index in [9.17, 15) is 14.4 Å². The number of nitrogens with one attached hydrogen (secondary N) is 1. The third-order valence-corrected chi connectivity index (χ3v) is 3.14. The van der Waals surface area contributed by atoms with Gasteiger partial charge in [-0.25, -0.2) is 0 Å². The van der Waals surface area contributed by atoms with Crippen molar-refractivity contribution in [2.24, 2.45) is 5.92 Å². The highest BCUT2D eigenvalue weighted by Gasteiger charge is 2.31. The topological polar surface area (TPSA) is 75.7 Å². The van der Waals surface area contributed by atoms with Gasteiger partial charge in [0.05, 0.1) is 12.5 Å². The Hall–Kier alpha value is -1.59. The molecule has 6 nitrogen and oxygen atoms in total. The SMILES string of the molecule is CCOC(=O)[C@H]1CCCN(C(=O)C(C)NC(C)=O)C1. The van der Waals surface area contributed by atoms with Gasteiger partial charge in [0.1, 0.15) is 6.04 Å². The lowest BCUT2D eigenvalue weighted by Crippen LogP contribution is -2.50. The van der Waals surface area contributed by atoms with Crippen molar-refractivity contribution < 1.29 is 19.1 Å². The van der Waals surface area contributed by atoms with E-state index in [2.05, 4.69) is 5.32 Å². The number of amides is 2. The summed E-state index contributed by atoms with van der Waals surface area (Å²) >= 11 is 0. The van der Waals surface area contributed by atoms with Gasteiger partial charge in [-0.1, -0.05) is 0 Å². The zero-order valence-corrected chi connectivity index (χ0v) is 11.8. The predicted molar refractivity (Wildman–Crippen MR) is 69.2 cm³/mol. The molecule has 0 aromatic rings. The number of piperidine rings is 1. The molecule has 1 N–H and O–H groups in total. The quantitative estimate of drug-likeness (QED) is 0.746. The van der Waals surface area contributed by atoms with Crippen LogP contribution >= 0.6 is 0 Å². The zero-order valence-electron chi connectivity index (χ0n) is 11.8. The highest BCUT2D eigenvalue weighted by Crippen LogP contribution is 2.18. The van der Waals surface area contributed by atoms with E-state index in [-0.39, 0.29) is 23.7 Å². The van der Waals surface area contributed by atoms with E-state index in [1.807, 2.05) is 0 Å². The molecule has 1 aliphatic heterocycles. The van der Waals surface area contributed by atoms with Gasteiger partial charge >= 0.3 is 5.97 Å². The number of nitrogens with zero attached hydrogens (tertiary/aromatic N) is 1. The summed E-state index contributed by atoms with van der Waals surface area (Å²) in [6.07, 6.45) is 1.53. The van der Waals surface area contributed by atoms with Crippen molar-refractivity contribution in [3.63, 3.8) is 0 Å². The van der Waals surface area contributed by atoms with E-state index in [4.69, 9.17) is 4.74 Å². The smallest absolute Gasteiger partial charge is 0.310 e. The Morgan fingerprint density at radius 3 is 2.68 bits per heavy atom. The number of carbonyl (C=O) groups is 3. The van der Waals surface area contributed by atoms with Crippen LogP contribution in [0, 0.1) is 5.92 Å². The van der Waals surface area contributed by atoms with Crippen LogP contribution < -0.4 is 5.32 Å². The predicted octanol–water partition coefficient (Wildman–Crippen LogP) is 0.313. The molecule has 0 radical (unpaired) electrons. The largest absolute Gasteiger partial charge is 0.466 e. The van der Waals surface area contributed by atoms with Gasteiger partial charge in [0, 0.05) is 20.0 Å². The summed E-state index contributed by atoms with van der Waals surface area (Å²) in [4.78, 5) is 36.4. The minimum Gasteiger partial charge on any atom is -0.466 e. The van der Waals surface area contributed by atoms with Crippen molar-refractivity contribution in [2.75, 3.05) is 19.7 Å². The van der Waals surface area contributed by atoms with Gasteiger partial charge in [-0.2, -0.15) is 0 Å². The molecule has 0 saturated carbocycles. The standard InChI is InChI=1S/C13H22N2O4/c1-4-19-13(18)11-6-5-7-15(8-11)12(17)9(2)14-10(3)16/h9,11H,4-8H2,1-3H3,(H,14,16)/t9?,11-/m0/s1. The molecule has 1 heterocycles. The van der Waals surface area contributed by atoms with Crippen LogP contribution in [0.4, 0.5) is 0 Å². The van der Waals surface area contributed by atoms with Gasteiger partial charge in [0.25, 0.3) is 0 Å². The first-order chi connectivity index (χ1) is 8.95. The molecule has 108 valence electrons. The number of hydrogen-bond acceptors (Lipinski definition) is 4. The van der Waals surface area contributed by atoms with Crippen LogP contribution in [-0.2, 0) is 19.1 Å². The maximum atomic E-state index is 12.1. The average Bonchev–Trinajstić information content (AvgIpc) is 2.37. The number of carbonyl (C=O) groups excluding carboxylic acids is 3. The summed E-state index contributed by atoms with van der Waals surface area (Å²) in [5, 5.41) is 2.56. The Bertz CT molecular complexity index is 357. The van der Waals surface area contributed by atoms with Crippen LogP contribution in [0.25, 0.3) is 0 Å². The van der Waals surface area contributed by atoms with Crippen LogP contribution in [0.5, 0.6) is 0 Å². The number of rotatable bonds is 4. The van der Waals surface area contributed by atoms with Crippen LogP contribution in [-0.4, -0.2) is 48.4 Å². The van der Waals surface area contributed by atoms with Crippen molar-refractivity contribution >= 4 is 17.8 Å². The summed E-state index contributed by atoms with van der Waals surface area (Å²) in [5.41, 5.74) is 0. The highest BCUT2D eigenvalue weighted by atomic mass is 16.5. The monoisotopic (exact) mass is 270 g/mol. The molecule has 1 fully saturated rings. The summed E-state index contributed by atoms with van der Waals surface area (Å²) in [6, 6.07) is -0.557. The fourth-order valence-corrected chi connectivity index (χ4v) is 2.27. The molecule has 1 saturated heterocycles. The van der Waals surface area contributed by atoms with E-state index < -0.39 is 6.04 Å². The Morgan fingerprint density at radius 1 is 1.42 bits per heavy atom. The number of esters is 1. The Balaban J connectivity index is 2.56. The first kappa shape index (κ1) is 15.5. The maximum Gasteiger partial charge on any atom is 0.310 e. The fraction of sp³-hybridized carbons (Fsp3) is 0.769. The molecule has 1 aliphatic rings. The first-order valence-corrected chi connectivity index (χ1v) is 6.68. The maximum absolute atomic E-state index is 12.1. The normalized spacial score (nSPS) is 20.6. The summed E-state index contributed by atoms with van der Waals surface area (Å²) in [5.74, 6) is -0.877. The lowest BCUT2D eigenvalue weighted by Gasteiger charge is -2.33. The molecule has 0 bridgehead atoms. The zero-order chi connectivity index (χ0) is 14.4. The lowest BCUT2D eigenvalue weighted by molar-refractivity contribution is -0.151. The van der Waals surface area contributed by atoms with Gasteiger partial charge in [-0.3, -0.25) is 14.4 Å². The first-order valence-electron chi connectivity index (χ1n) is 6.68. The van der Waals surface area contributed by atoms with E-state index in [0.717, 1.165) is 12.8 Å². The minimum absolute atomic E-state index is 0.149. The van der Waals surface area contributed by atoms with Gasteiger partial charge in [-0.05, 0) is 26.7 Å². The van der Waals surface area contributed by atoms with Gasteiger partial charge in [0.15, 0.2) is 0 Å². The second-order valence-electron chi connectivity index (χ2n) is 4.80. The highest BCUT2D eigenvalue weighted by molar-refractivity contribution is 5.87. The summed E-state index contributed by atoms with van der Waals surface area (Å²) in [6.45, 7) is 6.15. The molecule has 0 spiro atoms. The van der Waals surface area contributed by atoms with Crippen molar-refractivity contribution in [3.05, 3.63) is 0 Å². The molecule has 0 aromatic carbocycles. The van der Waals surface area contributed by atoms with E-state index >= 15 is 0 Å². The molecule has 6 heteroatoms. The Labute approximate surface area is 113 Å². The molecule has 1 rings (SSSR count). The second-order valence-corrected chi connectivity index (χ2v) is 4.80. The second kappa shape index (κ2) is 7.11. The third-order valence-electron chi connectivity index (χ3n) is 3.14. The molecule has 19 heavy (non-hydrogen) atoms. The van der Waals surface area contributed by atoms with E-state index in [0.29, 0.717) is 19.7 Å².